The van der Waals surface area contributed by atoms with Crippen molar-refractivity contribution in [3.63, 3.8) is 0 Å². The van der Waals surface area contributed by atoms with Crippen molar-refractivity contribution in [2.75, 3.05) is 38.1 Å². The van der Waals surface area contributed by atoms with Gasteiger partial charge in [0.2, 0.25) is 11.7 Å². The molecule has 2 amide bonds. The molecular formula is C20H22N2O5. The van der Waals surface area contributed by atoms with Crippen LogP contribution >= 0.6 is 0 Å². The fraction of sp³-hybridized carbons (Fsp3) is 0.300. The van der Waals surface area contributed by atoms with Crippen LogP contribution in [0.3, 0.4) is 0 Å². The summed E-state index contributed by atoms with van der Waals surface area (Å²) in [7, 11) is 4.47. The first-order valence-corrected chi connectivity index (χ1v) is 8.57. The number of amides is 2. The van der Waals surface area contributed by atoms with Crippen LogP contribution in [0.1, 0.15) is 22.8 Å². The summed E-state index contributed by atoms with van der Waals surface area (Å²) in [4.78, 5) is 26.8. The molecule has 0 unspecified atom stereocenters. The number of methoxy groups -OCH3 is 3. The Labute approximate surface area is 157 Å². The van der Waals surface area contributed by atoms with Crippen molar-refractivity contribution in [1.82, 2.24) is 0 Å². The van der Waals surface area contributed by atoms with Crippen LogP contribution in [0, 0.1) is 0 Å². The average Bonchev–Trinajstić information content (AvgIpc) is 2.70. The van der Waals surface area contributed by atoms with Crippen LogP contribution < -0.4 is 24.4 Å². The summed E-state index contributed by atoms with van der Waals surface area (Å²) in [5, 5.41) is 2.83. The standard InChI is InChI=1S/C20H22N2O5/c1-5-12-6-7-15-14(8-12)21-18(23)11-22(15)20(24)13-9-16(25-2)19(27-4)17(10-13)26-3/h6-10H,5,11H2,1-4H3,(H,21,23). The number of aryl methyl sites for hydroxylation is 1. The van der Waals surface area contributed by atoms with Crippen LogP contribution in [-0.4, -0.2) is 39.7 Å². The van der Waals surface area contributed by atoms with E-state index in [0.29, 0.717) is 34.2 Å². The topological polar surface area (TPSA) is 77.1 Å². The fourth-order valence-corrected chi connectivity index (χ4v) is 3.10. The highest BCUT2D eigenvalue weighted by atomic mass is 16.5. The first kappa shape index (κ1) is 18.6. The number of nitrogens with one attached hydrogen (secondary N) is 1. The van der Waals surface area contributed by atoms with Crippen molar-refractivity contribution in [3.8, 4) is 17.2 Å². The fourth-order valence-electron chi connectivity index (χ4n) is 3.10. The lowest BCUT2D eigenvalue weighted by atomic mass is 10.1. The Kier molecular flexibility index (Phi) is 5.21. The molecule has 7 nitrogen and oxygen atoms in total. The zero-order valence-electron chi connectivity index (χ0n) is 15.8. The summed E-state index contributed by atoms with van der Waals surface area (Å²) >= 11 is 0. The molecule has 0 bridgehead atoms. The maximum atomic E-state index is 13.2. The Bertz CT molecular complexity index is 869. The first-order valence-electron chi connectivity index (χ1n) is 8.57. The van der Waals surface area contributed by atoms with Gasteiger partial charge < -0.3 is 19.5 Å². The molecule has 0 aromatic heterocycles. The average molecular weight is 370 g/mol. The highest BCUT2D eigenvalue weighted by molar-refractivity contribution is 6.15. The summed E-state index contributed by atoms with van der Waals surface area (Å²) in [6, 6.07) is 8.85. The van der Waals surface area contributed by atoms with Crippen molar-refractivity contribution in [1.29, 1.82) is 0 Å². The van der Waals surface area contributed by atoms with Crippen LogP contribution in [0.5, 0.6) is 17.2 Å². The van der Waals surface area contributed by atoms with Gasteiger partial charge in [0.25, 0.3) is 5.91 Å². The number of fused-ring (bicyclic) bond motifs is 1. The third-order valence-corrected chi connectivity index (χ3v) is 4.49. The molecule has 0 atom stereocenters. The normalized spacial score (nSPS) is 12.9. The van der Waals surface area contributed by atoms with Gasteiger partial charge in [-0.2, -0.15) is 0 Å². The lowest BCUT2D eigenvalue weighted by Gasteiger charge is -2.30. The Morgan fingerprint density at radius 1 is 1.07 bits per heavy atom. The molecule has 0 aliphatic carbocycles. The van der Waals surface area contributed by atoms with Crippen LogP contribution in [-0.2, 0) is 11.2 Å². The molecular weight excluding hydrogens is 348 g/mol. The zero-order chi connectivity index (χ0) is 19.6. The van der Waals surface area contributed by atoms with Gasteiger partial charge in [0.1, 0.15) is 6.54 Å². The highest BCUT2D eigenvalue weighted by Gasteiger charge is 2.29. The molecule has 0 saturated heterocycles. The summed E-state index contributed by atoms with van der Waals surface area (Å²) in [6.45, 7) is 1.97. The second-order valence-corrected chi connectivity index (χ2v) is 6.06. The van der Waals surface area contributed by atoms with E-state index in [9.17, 15) is 9.59 Å². The van der Waals surface area contributed by atoms with Crippen LogP contribution in [0.25, 0.3) is 0 Å². The second kappa shape index (κ2) is 7.57. The number of nitrogens with zero attached hydrogens (tertiary/aromatic N) is 1. The number of hydrogen-bond donors (Lipinski definition) is 1. The van der Waals surface area contributed by atoms with Gasteiger partial charge in [0, 0.05) is 5.56 Å². The van der Waals surface area contributed by atoms with Crippen molar-refractivity contribution >= 4 is 23.2 Å². The summed E-state index contributed by atoms with van der Waals surface area (Å²) in [6.07, 6.45) is 0.837. The van der Waals surface area contributed by atoms with Gasteiger partial charge in [0.15, 0.2) is 11.5 Å². The van der Waals surface area contributed by atoms with Gasteiger partial charge in [-0.05, 0) is 36.2 Å². The molecule has 1 heterocycles. The molecule has 0 saturated carbocycles. The lowest BCUT2D eigenvalue weighted by molar-refractivity contribution is -0.115. The molecule has 1 aliphatic heterocycles. The number of carbonyl (C=O) groups is 2. The van der Waals surface area contributed by atoms with Crippen molar-refractivity contribution in [3.05, 3.63) is 41.5 Å². The van der Waals surface area contributed by atoms with Gasteiger partial charge in [-0.15, -0.1) is 0 Å². The summed E-state index contributed by atoms with van der Waals surface area (Å²) < 4.78 is 15.9. The number of hydrogen-bond acceptors (Lipinski definition) is 5. The highest BCUT2D eigenvalue weighted by Crippen LogP contribution is 2.39. The van der Waals surface area contributed by atoms with E-state index < -0.39 is 0 Å². The third kappa shape index (κ3) is 3.40. The minimum Gasteiger partial charge on any atom is -0.493 e. The van der Waals surface area contributed by atoms with E-state index in [0.717, 1.165) is 12.0 Å². The van der Waals surface area contributed by atoms with E-state index in [1.165, 1.54) is 26.2 Å². The van der Waals surface area contributed by atoms with Gasteiger partial charge in [-0.1, -0.05) is 13.0 Å². The van der Waals surface area contributed by atoms with Gasteiger partial charge in [0.05, 0.1) is 32.7 Å². The number of ether oxygens (including phenoxy) is 3. The molecule has 0 fully saturated rings. The predicted octanol–water partition coefficient (Wildman–Crippen LogP) is 2.87. The maximum Gasteiger partial charge on any atom is 0.259 e. The quantitative estimate of drug-likeness (QED) is 0.876. The molecule has 7 heteroatoms. The molecule has 2 aromatic rings. The number of anilines is 2. The number of carbonyl (C=O) groups excluding carboxylic acids is 2. The lowest BCUT2D eigenvalue weighted by Crippen LogP contribution is -2.42. The zero-order valence-corrected chi connectivity index (χ0v) is 15.8. The molecule has 1 N–H and O–H groups in total. The van der Waals surface area contributed by atoms with Gasteiger partial charge in [-0.3, -0.25) is 14.5 Å². The van der Waals surface area contributed by atoms with E-state index in [2.05, 4.69) is 5.32 Å². The number of rotatable bonds is 5. The van der Waals surface area contributed by atoms with Gasteiger partial charge in [-0.25, -0.2) is 0 Å². The first-order chi connectivity index (χ1) is 13.0. The number of benzene rings is 2. The second-order valence-electron chi connectivity index (χ2n) is 6.06. The maximum absolute atomic E-state index is 13.2. The molecule has 0 spiro atoms. The largest absolute Gasteiger partial charge is 0.493 e. The SMILES string of the molecule is CCc1ccc2c(c1)NC(=O)CN2C(=O)c1cc(OC)c(OC)c(OC)c1. The molecule has 0 radical (unpaired) electrons. The van der Waals surface area contributed by atoms with E-state index in [4.69, 9.17) is 14.2 Å². The summed E-state index contributed by atoms with van der Waals surface area (Å²) in [5.74, 6) is 0.596. The van der Waals surface area contributed by atoms with Crippen molar-refractivity contribution < 1.29 is 23.8 Å². The van der Waals surface area contributed by atoms with Gasteiger partial charge >= 0.3 is 0 Å². The molecule has 2 aromatic carbocycles. The Morgan fingerprint density at radius 3 is 2.30 bits per heavy atom. The summed E-state index contributed by atoms with van der Waals surface area (Å²) in [5.41, 5.74) is 2.71. The molecule has 1 aliphatic rings. The van der Waals surface area contributed by atoms with Crippen molar-refractivity contribution in [2.24, 2.45) is 0 Å². The Hall–Kier alpha value is -3.22. The minimum atomic E-state index is -0.324. The van der Waals surface area contributed by atoms with Crippen LogP contribution in [0.4, 0.5) is 11.4 Å². The van der Waals surface area contributed by atoms with E-state index >= 15 is 0 Å². The minimum absolute atomic E-state index is 0.0615. The smallest absolute Gasteiger partial charge is 0.259 e. The predicted molar refractivity (Wildman–Crippen MR) is 102 cm³/mol. The van der Waals surface area contributed by atoms with Crippen LogP contribution in [0.15, 0.2) is 30.3 Å². The van der Waals surface area contributed by atoms with E-state index in [1.54, 1.807) is 12.1 Å². The third-order valence-electron chi connectivity index (χ3n) is 4.49. The molecule has 27 heavy (non-hydrogen) atoms. The van der Waals surface area contributed by atoms with Crippen molar-refractivity contribution in [2.45, 2.75) is 13.3 Å². The van der Waals surface area contributed by atoms with Crippen LogP contribution in [0.2, 0.25) is 0 Å². The van der Waals surface area contributed by atoms with E-state index in [-0.39, 0.29) is 18.4 Å². The van der Waals surface area contributed by atoms with E-state index in [1.807, 2.05) is 25.1 Å². The molecule has 142 valence electrons. The molecule has 3 rings (SSSR count). The monoisotopic (exact) mass is 370 g/mol. The Morgan fingerprint density at radius 2 is 1.74 bits per heavy atom. The Balaban J connectivity index is 2.05.